The van der Waals surface area contributed by atoms with Crippen molar-refractivity contribution in [3.8, 4) is 0 Å². The van der Waals surface area contributed by atoms with Gasteiger partial charge in [0.2, 0.25) is 0 Å². The second-order valence-corrected chi connectivity index (χ2v) is 4.17. The molecule has 0 spiro atoms. The average Bonchev–Trinajstić information content (AvgIpc) is 2.47. The molecule has 2 heterocycles. The van der Waals surface area contributed by atoms with E-state index >= 15 is 0 Å². The summed E-state index contributed by atoms with van der Waals surface area (Å²) in [6, 6.07) is 0.666. The summed E-state index contributed by atoms with van der Waals surface area (Å²) in [5.41, 5.74) is -1.89. The van der Waals surface area contributed by atoms with Crippen LogP contribution in [0.3, 0.4) is 0 Å². The van der Waals surface area contributed by atoms with Crippen LogP contribution in [0.25, 0.3) is 0 Å². The number of hydrogen-bond acceptors (Lipinski definition) is 5. The van der Waals surface area contributed by atoms with Gasteiger partial charge < -0.3 is 9.47 Å². The Bertz CT molecular complexity index is 542. The molecule has 6 nitrogen and oxygen atoms in total. The maximum absolute atomic E-state index is 12.8. The van der Waals surface area contributed by atoms with Gasteiger partial charge in [-0.1, -0.05) is 0 Å². The van der Waals surface area contributed by atoms with Gasteiger partial charge in [-0.05, 0) is 6.07 Å². The molecule has 1 aromatic rings. The van der Waals surface area contributed by atoms with Crippen molar-refractivity contribution < 1.29 is 32.2 Å². The minimum absolute atomic E-state index is 0.0573. The predicted octanol–water partition coefficient (Wildman–Crippen LogP) is 0.772. The Labute approximate surface area is 117 Å². The third kappa shape index (κ3) is 3.76. The number of aromatic nitrogens is 1. The first-order valence-electron chi connectivity index (χ1n) is 5.95. The topological polar surface area (TPSA) is 77.5 Å². The molecule has 1 N–H and O–H groups in total. The van der Waals surface area contributed by atoms with Gasteiger partial charge in [0.15, 0.2) is 6.10 Å². The van der Waals surface area contributed by atoms with E-state index in [0.29, 0.717) is 12.7 Å². The molecule has 114 valence electrons. The molecule has 1 unspecified atom stereocenters. The van der Waals surface area contributed by atoms with Gasteiger partial charge in [0.1, 0.15) is 0 Å². The fourth-order valence-corrected chi connectivity index (χ4v) is 1.72. The van der Waals surface area contributed by atoms with Crippen LogP contribution in [0.2, 0.25) is 0 Å². The molecular weight excluding hydrogens is 293 g/mol. The normalized spacial score (nSPS) is 19.1. The maximum atomic E-state index is 12.8. The van der Waals surface area contributed by atoms with Gasteiger partial charge in [-0.2, -0.15) is 13.2 Å². The van der Waals surface area contributed by atoms with E-state index in [9.17, 15) is 22.8 Å². The maximum Gasteiger partial charge on any atom is 0.417 e. The molecule has 0 bridgehead atoms. The van der Waals surface area contributed by atoms with Crippen molar-refractivity contribution in [3.05, 3.63) is 29.6 Å². The lowest BCUT2D eigenvalue weighted by molar-refractivity contribution is -0.146. The zero-order chi connectivity index (χ0) is 15.5. The van der Waals surface area contributed by atoms with Crippen molar-refractivity contribution in [2.75, 3.05) is 19.8 Å². The van der Waals surface area contributed by atoms with Gasteiger partial charge in [0.25, 0.3) is 11.8 Å². The molecule has 2 rings (SSSR count). The molecule has 1 aromatic heterocycles. The monoisotopic (exact) mass is 304 g/mol. The molecule has 2 amide bonds. The number of nitrogens with one attached hydrogen (secondary N) is 1. The average molecular weight is 304 g/mol. The van der Waals surface area contributed by atoms with Crippen LogP contribution in [-0.2, 0) is 20.4 Å². The van der Waals surface area contributed by atoms with Crippen LogP contribution in [0.15, 0.2) is 18.5 Å². The Balaban J connectivity index is 2.12. The van der Waals surface area contributed by atoms with Crippen molar-refractivity contribution in [1.82, 2.24) is 10.3 Å². The number of carbonyl (C=O) groups is 2. The Morgan fingerprint density at radius 1 is 1.33 bits per heavy atom. The Morgan fingerprint density at radius 2 is 2.10 bits per heavy atom. The second-order valence-electron chi connectivity index (χ2n) is 4.17. The first-order valence-corrected chi connectivity index (χ1v) is 5.95. The Hall–Kier alpha value is -2.00. The lowest BCUT2D eigenvalue weighted by Gasteiger charge is -2.21. The Morgan fingerprint density at radius 3 is 2.71 bits per heavy atom. The first kappa shape index (κ1) is 15.4. The van der Waals surface area contributed by atoms with E-state index in [1.807, 2.05) is 5.32 Å². The highest BCUT2D eigenvalue weighted by molar-refractivity contribution is 6.06. The van der Waals surface area contributed by atoms with Crippen LogP contribution in [-0.4, -0.2) is 42.7 Å². The molecule has 1 atom stereocenters. The molecule has 1 aliphatic heterocycles. The molecule has 0 aliphatic carbocycles. The molecule has 1 saturated heterocycles. The van der Waals surface area contributed by atoms with Crippen molar-refractivity contribution in [3.63, 3.8) is 0 Å². The van der Waals surface area contributed by atoms with Crippen LogP contribution >= 0.6 is 0 Å². The minimum atomic E-state index is -4.72. The number of rotatable bonds is 2. The summed E-state index contributed by atoms with van der Waals surface area (Å²) < 4.78 is 48.3. The van der Waals surface area contributed by atoms with Crippen molar-refractivity contribution in [2.45, 2.75) is 12.3 Å². The number of nitrogens with zero attached hydrogens (tertiary/aromatic N) is 1. The van der Waals surface area contributed by atoms with E-state index in [2.05, 4.69) is 4.98 Å². The summed E-state index contributed by atoms with van der Waals surface area (Å²) in [5, 5.41) is 1.86. The second kappa shape index (κ2) is 6.19. The number of ether oxygens (including phenoxy) is 2. The van der Waals surface area contributed by atoms with E-state index in [0.717, 1.165) is 12.4 Å². The fraction of sp³-hybridized carbons (Fsp3) is 0.417. The quantitative estimate of drug-likeness (QED) is 0.817. The third-order valence-corrected chi connectivity index (χ3v) is 2.72. The molecule has 0 radical (unpaired) electrons. The molecule has 21 heavy (non-hydrogen) atoms. The van der Waals surface area contributed by atoms with Gasteiger partial charge >= 0.3 is 6.18 Å². The van der Waals surface area contributed by atoms with E-state index in [1.165, 1.54) is 0 Å². The van der Waals surface area contributed by atoms with E-state index in [4.69, 9.17) is 9.47 Å². The number of alkyl halides is 3. The molecule has 1 aliphatic rings. The minimum Gasteiger partial charge on any atom is -0.376 e. The largest absolute Gasteiger partial charge is 0.417 e. The number of carbonyl (C=O) groups excluding carboxylic acids is 2. The summed E-state index contributed by atoms with van der Waals surface area (Å²) in [4.78, 5) is 27.0. The van der Waals surface area contributed by atoms with Crippen LogP contribution < -0.4 is 5.32 Å². The van der Waals surface area contributed by atoms with Crippen molar-refractivity contribution in [1.29, 1.82) is 0 Å². The van der Waals surface area contributed by atoms with Crippen molar-refractivity contribution >= 4 is 11.8 Å². The zero-order valence-electron chi connectivity index (χ0n) is 10.6. The van der Waals surface area contributed by atoms with Crippen LogP contribution in [0.5, 0.6) is 0 Å². The van der Waals surface area contributed by atoms with Gasteiger partial charge in [0, 0.05) is 12.4 Å². The summed E-state index contributed by atoms with van der Waals surface area (Å²) in [5.74, 6) is -2.04. The van der Waals surface area contributed by atoms with Gasteiger partial charge in [-0.25, -0.2) is 0 Å². The van der Waals surface area contributed by atoms with Crippen LogP contribution in [0.4, 0.5) is 13.2 Å². The number of halogens is 3. The lowest BCUT2D eigenvalue weighted by atomic mass is 10.1. The molecule has 0 saturated carbocycles. The molecular formula is C12H11F3N2O4. The summed E-state index contributed by atoms with van der Waals surface area (Å²) in [6.45, 7) is 0.434. The van der Waals surface area contributed by atoms with E-state index < -0.39 is 35.2 Å². The van der Waals surface area contributed by atoms with Crippen LogP contribution in [0, 0.1) is 0 Å². The highest BCUT2D eigenvalue weighted by Gasteiger charge is 2.36. The zero-order valence-corrected chi connectivity index (χ0v) is 10.6. The third-order valence-electron chi connectivity index (χ3n) is 2.72. The number of amides is 2. The van der Waals surface area contributed by atoms with E-state index in [-0.39, 0.29) is 13.2 Å². The SMILES string of the molecule is O=C(NC(=O)C1COCCO1)c1cnccc1C(F)(F)F. The van der Waals surface area contributed by atoms with Gasteiger partial charge in [-0.15, -0.1) is 0 Å². The number of imide groups is 1. The van der Waals surface area contributed by atoms with E-state index in [1.54, 1.807) is 0 Å². The molecule has 9 heteroatoms. The standard InChI is InChI=1S/C12H11F3N2O4/c13-12(14,15)8-1-2-16-5-7(8)10(18)17-11(19)9-6-20-3-4-21-9/h1-2,5,9H,3-4,6H2,(H,17,18,19). The predicted molar refractivity (Wildman–Crippen MR) is 62.3 cm³/mol. The molecule has 1 fully saturated rings. The first-order chi connectivity index (χ1) is 9.89. The summed E-state index contributed by atoms with van der Waals surface area (Å²) >= 11 is 0. The Kier molecular flexibility index (Phi) is 4.53. The number of pyridine rings is 1. The molecule has 0 aromatic carbocycles. The van der Waals surface area contributed by atoms with Gasteiger partial charge in [0.05, 0.1) is 30.9 Å². The highest BCUT2D eigenvalue weighted by atomic mass is 19.4. The smallest absolute Gasteiger partial charge is 0.376 e. The van der Waals surface area contributed by atoms with Crippen molar-refractivity contribution in [2.24, 2.45) is 0 Å². The lowest BCUT2D eigenvalue weighted by Crippen LogP contribution is -2.45. The fourth-order valence-electron chi connectivity index (χ4n) is 1.72. The summed E-state index contributed by atoms with van der Waals surface area (Å²) in [7, 11) is 0. The van der Waals surface area contributed by atoms with Crippen LogP contribution in [0.1, 0.15) is 15.9 Å². The summed E-state index contributed by atoms with van der Waals surface area (Å²) in [6.07, 6.45) is -4.07. The highest BCUT2D eigenvalue weighted by Crippen LogP contribution is 2.31. The number of hydrogen-bond donors (Lipinski definition) is 1. The van der Waals surface area contributed by atoms with Gasteiger partial charge in [-0.3, -0.25) is 19.9 Å².